The van der Waals surface area contributed by atoms with E-state index in [1.165, 1.54) is 12.1 Å². The predicted molar refractivity (Wildman–Crippen MR) is 74.2 cm³/mol. The number of ether oxygens (including phenoxy) is 1. The van der Waals surface area contributed by atoms with Crippen molar-refractivity contribution in [3.05, 3.63) is 29.3 Å². The Bertz CT molecular complexity index is 561. The number of nitrogens with zero attached hydrogens (tertiary/aromatic N) is 1. The van der Waals surface area contributed by atoms with Gasteiger partial charge in [-0.1, -0.05) is 0 Å². The Morgan fingerprint density at radius 2 is 2.18 bits per heavy atom. The second kappa shape index (κ2) is 6.55. The van der Waals surface area contributed by atoms with Gasteiger partial charge in [-0.2, -0.15) is 18.4 Å². The average molecular weight is 314 g/mol. The molecule has 4 nitrogen and oxygen atoms in total. The monoisotopic (exact) mass is 314 g/mol. The van der Waals surface area contributed by atoms with Crippen LogP contribution in [0, 0.1) is 16.7 Å². The number of aliphatic hydroxyl groups is 1. The van der Waals surface area contributed by atoms with Crippen molar-refractivity contribution in [3.8, 4) is 6.07 Å². The maximum Gasteiger partial charge on any atom is 0.417 e. The molecule has 0 amide bonds. The van der Waals surface area contributed by atoms with Gasteiger partial charge in [0.2, 0.25) is 0 Å². The van der Waals surface area contributed by atoms with Crippen LogP contribution < -0.4 is 5.32 Å². The summed E-state index contributed by atoms with van der Waals surface area (Å²) in [6.07, 6.45) is -3.20. The molecule has 1 aromatic rings. The lowest BCUT2D eigenvalue weighted by Crippen LogP contribution is -2.31. The SMILES string of the molecule is N#Cc1cc(NC[C@@]2(CCO)CCOC2)ccc1C(F)(F)F. The van der Waals surface area contributed by atoms with Gasteiger partial charge in [-0.15, -0.1) is 0 Å². The van der Waals surface area contributed by atoms with Gasteiger partial charge < -0.3 is 15.2 Å². The number of aliphatic hydroxyl groups excluding tert-OH is 1. The van der Waals surface area contributed by atoms with Crippen LogP contribution in [0.2, 0.25) is 0 Å². The first-order chi connectivity index (χ1) is 10.4. The molecule has 1 heterocycles. The van der Waals surface area contributed by atoms with E-state index in [9.17, 15) is 13.2 Å². The summed E-state index contributed by atoms with van der Waals surface area (Å²) in [6.45, 7) is 1.62. The number of nitriles is 1. The average Bonchev–Trinajstić information content (AvgIpc) is 2.93. The third-order valence-electron chi connectivity index (χ3n) is 3.94. The first-order valence-electron chi connectivity index (χ1n) is 6.94. The summed E-state index contributed by atoms with van der Waals surface area (Å²) in [7, 11) is 0. The standard InChI is InChI=1S/C15H17F3N2O2/c16-15(17,18)13-2-1-12(7-11(13)8-19)20-9-14(3-5-21)4-6-22-10-14/h1-2,7,20-21H,3-6,9-10H2/t14-/m1/s1. The van der Waals surface area contributed by atoms with Crippen molar-refractivity contribution in [3.63, 3.8) is 0 Å². The molecule has 120 valence electrons. The summed E-state index contributed by atoms with van der Waals surface area (Å²) in [5.41, 5.74) is -1.11. The zero-order valence-electron chi connectivity index (χ0n) is 11.9. The topological polar surface area (TPSA) is 65.3 Å². The Kier molecular flexibility index (Phi) is 4.94. The molecule has 0 unspecified atom stereocenters. The van der Waals surface area contributed by atoms with Crippen LogP contribution >= 0.6 is 0 Å². The van der Waals surface area contributed by atoms with Crippen LogP contribution in [0.3, 0.4) is 0 Å². The lowest BCUT2D eigenvalue weighted by molar-refractivity contribution is -0.137. The predicted octanol–water partition coefficient (Wildman–Crippen LogP) is 2.78. The third-order valence-corrected chi connectivity index (χ3v) is 3.94. The van der Waals surface area contributed by atoms with Crippen molar-refractivity contribution in [2.24, 2.45) is 5.41 Å². The number of benzene rings is 1. The van der Waals surface area contributed by atoms with Gasteiger partial charge in [0.25, 0.3) is 0 Å². The first-order valence-corrected chi connectivity index (χ1v) is 6.94. The van der Waals surface area contributed by atoms with Crippen LogP contribution in [-0.4, -0.2) is 31.5 Å². The van der Waals surface area contributed by atoms with Crippen LogP contribution in [0.1, 0.15) is 24.0 Å². The van der Waals surface area contributed by atoms with Gasteiger partial charge in [-0.3, -0.25) is 0 Å². The molecule has 1 saturated heterocycles. The Morgan fingerprint density at radius 1 is 1.41 bits per heavy atom. The normalized spacial score (nSPS) is 21.6. The maximum atomic E-state index is 12.7. The molecule has 0 aliphatic carbocycles. The molecule has 22 heavy (non-hydrogen) atoms. The summed E-state index contributed by atoms with van der Waals surface area (Å²) in [5, 5.41) is 21.1. The lowest BCUT2D eigenvalue weighted by Gasteiger charge is -2.27. The van der Waals surface area contributed by atoms with Gasteiger partial charge >= 0.3 is 6.18 Å². The highest BCUT2D eigenvalue weighted by Gasteiger charge is 2.35. The minimum Gasteiger partial charge on any atom is -0.396 e. The first kappa shape index (κ1) is 16.6. The molecule has 0 spiro atoms. The van der Waals surface area contributed by atoms with Crippen LogP contribution in [0.5, 0.6) is 0 Å². The third kappa shape index (κ3) is 3.70. The highest BCUT2D eigenvalue weighted by molar-refractivity contribution is 5.53. The Balaban J connectivity index is 2.12. The van der Waals surface area contributed by atoms with E-state index < -0.39 is 17.3 Å². The van der Waals surface area contributed by atoms with E-state index in [0.29, 0.717) is 31.9 Å². The molecule has 1 aliphatic rings. The number of anilines is 1. The molecule has 0 bridgehead atoms. The molecule has 1 fully saturated rings. The zero-order valence-corrected chi connectivity index (χ0v) is 11.9. The van der Waals surface area contributed by atoms with E-state index in [1.54, 1.807) is 6.07 Å². The number of rotatable bonds is 5. The number of hydrogen-bond acceptors (Lipinski definition) is 4. The van der Waals surface area contributed by atoms with Gasteiger partial charge in [-0.25, -0.2) is 0 Å². The van der Waals surface area contributed by atoms with E-state index in [4.69, 9.17) is 15.1 Å². The van der Waals surface area contributed by atoms with Gasteiger partial charge in [0, 0.05) is 30.9 Å². The molecule has 1 aromatic carbocycles. The van der Waals surface area contributed by atoms with E-state index in [0.717, 1.165) is 12.5 Å². The molecule has 0 saturated carbocycles. The van der Waals surface area contributed by atoms with Crippen LogP contribution in [-0.2, 0) is 10.9 Å². The number of halogens is 3. The summed E-state index contributed by atoms with van der Waals surface area (Å²) in [5.74, 6) is 0. The molecule has 1 atom stereocenters. The van der Waals surface area contributed by atoms with Crippen LogP contribution in [0.4, 0.5) is 18.9 Å². The van der Waals surface area contributed by atoms with E-state index in [1.807, 2.05) is 0 Å². The fraction of sp³-hybridized carbons (Fsp3) is 0.533. The smallest absolute Gasteiger partial charge is 0.396 e. The second-order valence-corrected chi connectivity index (χ2v) is 5.50. The van der Waals surface area contributed by atoms with Crippen molar-refractivity contribution >= 4 is 5.69 Å². The summed E-state index contributed by atoms with van der Waals surface area (Å²) in [4.78, 5) is 0. The van der Waals surface area contributed by atoms with Crippen molar-refractivity contribution in [1.82, 2.24) is 0 Å². The second-order valence-electron chi connectivity index (χ2n) is 5.50. The molecule has 2 N–H and O–H groups in total. The Morgan fingerprint density at radius 3 is 2.73 bits per heavy atom. The van der Waals surface area contributed by atoms with Crippen molar-refractivity contribution < 1.29 is 23.0 Å². The Hall–Kier alpha value is -1.78. The lowest BCUT2D eigenvalue weighted by atomic mass is 9.84. The van der Waals surface area contributed by atoms with Gasteiger partial charge in [0.05, 0.1) is 23.8 Å². The van der Waals surface area contributed by atoms with Gasteiger partial charge in [-0.05, 0) is 31.0 Å². The zero-order chi connectivity index (χ0) is 16.2. The summed E-state index contributed by atoms with van der Waals surface area (Å²) < 4.78 is 43.6. The summed E-state index contributed by atoms with van der Waals surface area (Å²) >= 11 is 0. The minimum absolute atomic E-state index is 0.0293. The van der Waals surface area contributed by atoms with Crippen LogP contribution in [0.15, 0.2) is 18.2 Å². The van der Waals surface area contributed by atoms with E-state index in [2.05, 4.69) is 5.32 Å². The summed E-state index contributed by atoms with van der Waals surface area (Å²) in [6, 6.07) is 5.00. The van der Waals surface area contributed by atoms with Gasteiger partial charge in [0.1, 0.15) is 0 Å². The number of alkyl halides is 3. The highest BCUT2D eigenvalue weighted by atomic mass is 19.4. The van der Waals surface area contributed by atoms with Crippen molar-refractivity contribution in [2.75, 3.05) is 31.7 Å². The highest BCUT2D eigenvalue weighted by Crippen LogP contribution is 2.35. The minimum atomic E-state index is -4.54. The largest absolute Gasteiger partial charge is 0.417 e. The Labute approximate surface area is 126 Å². The maximum absolute atomic E-state index is 12.7. The molecule has 2 rings (SSSR count). The number of nitrogens with one attached hydrogen (secondary N) is 1. The number of hydrogen-bond donors (Lipinski definition) is 2. The molecule has 0 radical (unpaired) electrons. The van der Waals surface area contributed by atoms with Crippen LogP contribution in [0.25, 0.3) is 0 Å². The van der Waals surface area contributed by atoms with Gasteiger partial charge in [0.15, 0.2) is 0 Å². The molecular formula is C15H17F3N2O2. The quantitative estimate of drug-likeness (QED) is 0.877. The van der Waals surface area contributed by atoms with Crippen molar-refractivity contribution in [2.45, 2.75) is 19.0 Å². The van der Waals surface area contributed by atoms with Crippen molar-refractivity contribution in [1.29, 1.82) is 5.26 Å². The van der Waals surface area contributed by atoms with E-state index in [-0.39, 0.29) is 12.0 Å². The fourth-order valence-corrected chi connectivity index (χ4v) is 2.60. The molecular weight excluding hydrogens is 297 g/mol. The molecule has 7 heteroatoms. The molecule has 0 aromatic heterocycles. The fourth-order valence-electron chi connectivity index (χ4n) is 2.60. The molecule has 1 aliphatic heterocycles. The van der Waals surface area contributed by atoms with E-state index >= 15 is 0 Å².